The maximum atomic E-state index is 12.0. The minimum absolute atomic E-state index is 0.148. The van der Waals surface area contributed by atoms with E-state index >= 15 is 0 Å². The van der Waals surface area contributed by atoms with Crippen molar-refractivity contribution in [2.45, 2.75) is 17.4 Å². The molecule has 0 radical (unpaired) electrons. The Hall–Kier alpha value is -1.35. The van der Waals surface area contributed by atoms with Crippen molar-refractivity contribution in [3.05, 3.63) is 18.2 Å². The van der Waals surface area contributed by atoms with Gasteiger partial charge in [-0.1, -0.05) is 0 Å². The van der Waals surface area contributed by atoms with Gasteiger partial charge >= 0.3 is 0 Å². The average Bonchev–Trinajstić information content (AvgIpc) is 2.40. The smallest absolute Gasteiger partial charge is 0.242 e. The Morgan fingerprint density at radius 2 is 2.10 bits per heavy atom. The first-order chi connectivity index (χ1) is 9.78. The number of anilines is 2. The zero-order chi connectivity index (χ0) is 16.0. The molecule has 1 atom stereocenters. The molecule has 0 saturated carbocycles. The Kier molecular flexibility index (Phi) is 6.41. The van der Waals surface area contributed by atoms with Gasteiger partial charge in [0.2, 0.25) is 10.0 Å². The van der Waals surface area contributed by atoms with Gasteiger partial charge in [-0.2, -0.15) is 0 Å². The van der Waals surface area contributed by atoms with Crippen LogP contribution in [0.1, 0.15) is 6.42 Å². The zero-order valence-corrected chi connectivity index (χ0v) is 13.4. The number of nitrogens with zero attached hydrogens (tertiary/aromatic N) is 1. The van der Waals surface area contributed by atoms with E-state index in [1.54, 1.807) is 6.07 Å². The van der Waals surface area contributed by atoms with E-state index in [0.717, 1.165) is 4.31 Å². The molecule has 1 rings (SSSR count). The zero-order valence-electron chi connectivity index (χ0n) is 12.5. The number of hydrogen-bond donors (Lipinski definition) is 3. The monoisotopic (exact) mass is 317 g/mol. The van der Waals surface area contributed by atoms with Crippen molar-refractivity contribution in [3.8, 4) is 0 Å². The number of nitrogens with two attached hydrogens (primary N) is 1. The van der Waals surface area contributed by atoms with Crippen molar-refractivity contribution in [1.82, 2.24) is 4.31 Å². The van der Waals surface area contributed by atoms with Crippen molar-refractivity contribution in [2.75, 3.05) is 45.4 Å². The van der Waals surface area contributed by atoms with E-state index in [9.17, 15) is 13.5 Å². The number of aliphatic hydroxyl groups excluding tert-OH is 1. The second-order valence-corrected chi connectivity index (χ2v) is 7.01. The summed E-state index contributed by atoms with van der Waals surface area (Å²) >= 11 is 0. The lowest BCUT2D eigenvalue weighted by molar-refractivity contribution is 0.0615. The summed E-state index contributed by atoms with van der Waals surface area (Å²) < 4.78 is 29.9. The molecule has 1 unspecified atom stereocenters. The third kappa shape index (κ3) is 4.85. The highest BCUT2D eigenvalue weighted by Crippen LogP contribution is 2.23. The SMILES string of the molecule is COCC(O)CCNc1ccc(S(=O)(=O)N(C)C)cc1N. The minimum atomic E-state index is -3.49. The first kappa shape index (κ1) is 17.7. The number of nitrogen functional groups attached to an aromatic ring is 1. The van der Waals surface area contributed by atoms with Gasteiger partial charge in [-0.15, -0.1) is 0 Å². The Bertz CT molecular complexity index is 561. The third-order valence-corrected chi connectivity index (χ3v) is 4.76. The molecule has 0 aliphatic carbocycles. The van der Waals surface area contributed by atoms with Crippen LogP contribution in [0, 0.1) is 0 Å². The second kappa shape index (κ2) is 7.60. The van der Waals surface area contributed by atoms with Gasteiger partial charge in [0.25, 0.3) is 0 Å². The van der Waals surface area contributed by atoms with Crippen LogP contribution in [0.4, 0.5) is 11.4 Å². The number of benzene rings is 1. The van der Waals surface area contributed by atoms with Gasteiger partial charge < -0.3 is 20.9 Å². The van der Waals surface area contributed by atoms with Crippen LogP contribution in [0.2, 0.25) is 0 Å². The van der Waals surface area contributed by atoms with Crippen LogP contribution in [0.3, 0.4) is 0 Å². The summed E-state index contributed by atoms with van der Waals surface area (Å²) in [4.78, 5) is 0.148. The number of nitrogens with one attached hydrogen (secondary N) is 1. The molecule has 7 nitrogen and oxygen atoms in total. The summed E-state index contributed by atoms with van der Waals surface area (Å²) in [6, 6.07) is 4.54. The highest BCUT2D eigenvalue weighted by atomic mass is 32.2. The van der Waals surface area contributed by atoms with E-state index in [-0.39, 0.29) is 11.5 Å². The molecule has 0 fully saturated rings. The Labute approximate surface area is 125 Å². The Morgan fingerprint density at radius 1 is 1.43 bits per heavy atom. The summed E-state index contributed by atoms with van der Waals surface area (Å²) in [6.07, 6.45) is -0.0393. The van der Waals surface area contributed by atoms with Crippen molar-refractivity contribution < 1.29 is 18.3 Å². The van der Waals surface area contributed by atoms with Crippen LogP contribution in [0.25, 0.3) is 0 Å². The molecule has 8 heteroatoms. The second-order valence-electron chi connectivity index (χ2n) is 4.86. The Morgan fingerprint density at radius 3 is 2.62 bits per heavy atom. The van der Waals surface area contributed by atoms with Crippen molar-refractivity contribution in [3.63, 3.8) is 0 Å². The minimum Gasteiger partial charge on any atom is -0.397 e. The van der Waals surface area contributed by atoms with Crippen LogP contribution in [-0.4, -0.2) is 58.3 Å². The predicted molar refractivity (Wildman–Crippen MR) is 82.7 cm³/mol. The van der Waals surface area contributed by atoms with E-state index < -0.39 is 16.1 Å². The van der Waals surface area contributed by atoms with E-state index in [4.69, 9.17) is 10.5 Å². The van der Waals surface area contributed by atoms with Crippen molar-refractivity contribution in [2.24, 2.45) is 0 Å². The number of hydrogen-bond acceptors (Lipinski definition) is 6. The molecule has 0 bridgehead atoms. The fourth-order valence-electron chi connectivity index (χ4n) is 1.72. The highest BCUT2D eigenvalue weighted by Gasteiger charge is 2.18. The number of ether oxygens (including phenoxy) is 1. The predicted octanol–water partition coefficient (Wildman–Crippen LogP) is 0.328. The number of sulfonamides is 1. The quantitative estimate of drug-likeness (QED) is 0.597. The molecule has 1 aromatic carbocycles. The van der Waals surface area contributed by atoms with Gasteiger partial charge in [0.15, 0.2) is 0 Å². The number of methoxy groups -OCH3 is 1. The van der Waals surface area contributed by atoms with Crippen LogP contribution in [0.15, 0.2) is 23.1 Å². The number of rotatable bonds is 8. The average molecular weight is 317 g/mol. The Balaban J connectivity index is 2.71. The summed E-state index contributed by atoms with van der Waals surface area (Å²) in [5.41, 5.74) is 6.84. The molecular weight excluding hydrogens is 294 g/mol. The molecule has 0 heterocycles. The molecule has 0 aliphatic heterocycles. The first-order valence-corrected chi connectivity index (χ1v) is 7.96. The molecule has 0 saturated heterocycles. The lowest BCUT2D eigenvalue weighted by Gasteiger charge is -2.15. The van der Waals surface area contributed by atoms with Crippen molar-refractivity contribution in [1.29, 1.82) is 0 Å². The fourth-order valence-corrected chi connectivity index (χ4v) is 2.66. The largest absolute Gasteiger partial charge is 0.397 e. The summed E-state index contributed by atoms with van der Waals surface area (Å²) in [7, 11) is 0.972. The third-order valence-electron chi connectivity index (χ3n) is 2.95. The summed E-state index contributed by atoms with van der Waals surface area (Å²) in [5, 5.41) is 12.6. The van der Waals surface area contributed by atoms with Gasteiger partial charge in [0.1, 0.15) is 0 Å². The van der Waals surface area contributed by atoms with E-state index in [2.05, 4.69) is 5.32 Å². The van der Waals surface area contributed by atoms with E-state index in [0.29, 0.717) is 24.3 Å². The lowest BCUT2D eigenvalue weighted by atomic mass is 10.2. The standard InChI is InChI=1S/C13H23N3O4S/c1-16(2)21(18,19)11-4-5-13(12(14)8-11)15-7-6-10(17)9-20-3/h4-5,8,10,15,17H,6-7,9,14H2,1-3H3. The molecule has 0 aromatic heterocycles. The maximum absolute atomic E-state index is 12.0. The van der Waals surface area contributed by atoms with Crippen LogP contribution >= 0.6 is 0 Å². The van der Waals surface area contributed by atoms with Gasteiger partial charge in [-0.25, -0.2) is 12.7 Å². The van der Waals surface area contributed by atoms with Crippen LogP contribution in [0.5, 0.6) is 0 Å². The van der Waals surface area contributed by atoms with Crippen molar-refractivity contribution >= 4 is 21.4 Å². The van der Waals surface area contributed by atoms with Gasteiger partial charge in [0.05, 0.1) is 29.0 Å². The highest BCUT2D eigenvalue weighted by molar-refractivity contribution is 7.89. The first-order valence-electron chi connectivity index (χ1n) is 6.52. The molecule has 0 amide bonds. The van der Waals surface area contributed by atoms with Crippen LogP contribution in [-0.2, 0) is 14.8 Å². The lowest BCUT2D eigenvalue weighted by Crippen LogP contribution is -2.22. The van der Waals surface area contributed by atoms with Gasteiger partial charge in [-0.3, -0.25) is 0 Å². The normalized spacial score (nSPS) is 13.4. The van der Waals surface area contributed by atoms with Gasteiger partial charge in [0, 0.05) is 27.7 Å². The maximum Gasteiger partial charge on any atom is 0.242 e. The van der Waals surface area contributed by atoms with Crippen LogP contribution < -0.4 is 11.1 Å². The molecule has 0 spiro atoms. The fraction of sp³-hybridized carbons (Fsp3) is 0.538. The number of aliphatic hydroxyl groups is 1. The molecule has 1 aromatic rings. The molecule has 120 valence electrons. The molecule has 4 N–H and O–H groups in total. The van der Waals surface area contributed by atoms with E-state index in [1.807, 2.05) is 0 Å². The molecule has 21 heavy (non-hydrogen) atoms. The molecular formula is C13H23N3O4S. The topological polar surface area (TPSA) is 105 Å². The summed E-state index contributed by atoms with van der Waals surface area (Å²) in [5.74, 6) is 0. The summed E-state index contributed by atoms with van der Waals surface area (Å²) in [6.45, 7) is 0.783. The van der Waals surface area contributed by atoms with Gasteiger partial charge in [-0.05, 0) is 24.6 Å². The molecule has 0 aliphatic rings. The van der Waals surface area contributed by atoms with E-state index in [1.165, 1.54) is 33.3 Å².